The summed E-state index contributed by atoms with van der Waals surface area (Å²) in [4.78, 5) is 72.4. The highest BCUT2D eigenvalue weighted by Crippen LogP contribution is 2.25. The SMILES string of the molecule is Cc1c2[nH]c(c1CCC(=O)O)C=c1[nH]c(c(CCC(=O)O)c1C)=Cc1[nH]c(c(CCC(=O)O)c1CC(=O)O)C=c1[nH]c(c(C)c1CCC(=O)O)=C2. The minimum Gasteiger partial charge on any atom is -0.481 e. The third-order valence-electron chi connectivity index (χ3n) is 9.48. The zero-order chi connectivity index (χ0) is 37.1. The summed E-state index contributed by atoms with van der Waals surface area (Å²) in [5.41, 5.74) is 7.57. The van der Waals surface area contributed by atoms with Crippen LogP contribution in [0, 0.1) is 20.8 Å². The molecule has 0 atom stereocenters. The first-order valence-corrected chi connectivity index (χ1v) is 16.5. The van der Waals surface area contributed by atoms with Gasteiger partial charge in [0.15, 0.2) is 0 Å². The fraction of sp³-hybridized carbons (Fsp3) is 0.324. The monoisotopic (exact) mass is 700 g/mol. The maximum absolute atomic E-state index is 12.2. The molecule has 0 radical (unpaired) electrons. The summed E-state index contributed by atoms with van der Waals surface area (Å²) in [6, 6.07) is 0. The van der Waals surface area contributed by atoms with Gasteiger partial charge in [-0.25, -0.2) is 0 Å². The summed E-state index contributed by atoms with van der Waals surface area (Å²) >= 11 is 0. The number of rotatable bonds is 14. The standard InChI is InChI=1S/C37H40N4O10/c1-17-20(4-8-33(42)43)28-14-27-19(3)22(6-10-35(46)47)30(40-27)16-32-24(12-37(50)51)23(7-11-36(48)49)31(41-32)15-29-21(5-9-34(44)45)18(2)26(39-29)13-25(17)38-28/h13-16,38-41H,4-12H2,1-3H3,(H,42,43)(H,44,45)(H,46,47)(H,48,49)(H,50,51). The number of aliphatic carboxylic acids is 5. The number of carboxylic acid groups (broad SMARTS) is 5. The molecule has 0 amide bonds. The fourth-order valence-electron chi connectivity index (χ4n) is 6.82. The van der Waals surface area contributed by atoms with E-state index in [1.165, 1.54) is 0 Å². The molecule has 1 aliphatic heterocycles. The van der Waals surface area contributed by atoms with E-state index in [1.807, 2.05) is 32.9 Å². The Hall–Kier alpha value is -6.05. The fourth-order valence-corrected chi connectivity index (χ4v) is 6.82. The van der Waals surface area contributed by atoms with E-state index in [-0.39, 0.29) is 51.4 Å². The summed E-state index contributed by atoms with van der Waals surface area (Å²) in [6.07, 6.45) is 6.58. The predicted molar refractivity (Wildman–Crippen MR) is 185 cm³/mol. The van der Waals surface area contributed by atoms with E-state index >= 15 is 0 Å². The van der Waals surface area contributed by atoms with Crippen LogP contribution in [0.4, 0.5) is 0 Å². The topological polar surface area (TPSA) is 250 Å². The van der Waals surface area contributed by atoms with Crippen molar-refractivity contribution in [3.05, 3.63) is 88.7 Å². The van der Waals surface area contributed by atoms with Crippen molar-refractivity contribution in [3.8, 4) is 0 Å². The van der Waals surface area contributed by atoms with Crippen molar-refractivity contribution in [2.45, 2.75) is 78.6 Å². The van der Waals surface area contributed by atoms with E-state index in [1.54, 1.807) is 12.2 Å². The average Bonchev–Trinajstić information content (AvgIpc) is 3.70. The Bertz CT molecular complexity index is 2330. The van der Waals surface area contributed by atoms with Gasteiger partial charge in [-0.3, -0.25) is 24.0 Å². The second kappa shape index (κ2) is 14.8. The van der Waals surface area contributed by atoms with E-state index in [2.05, 4.69) is 19.9 Å². The number of carboxylic acids is 5. The van der Waals surface area contributed by atoms with Crippen LogP contribution in [0.5, 0.6) is 0 Å². The number of hydrogen-bond acceptors (Lipinski definition) is 5. The first-order valence-electron chi connectivity index (χ1n) is 16.5. The van der Waals surface area contributed by atoms with Gasteiger partial charge in [-0.05, 0) is 115 Å². The number of fused-ring (bicyclic) bond motifs is 8. The number of H-pyrrole nitrogens is 4. The van der Waals surface area contributed by atoms with Gasteiger partial charge in [-0.2, -0.15) is 0 Å². The third-order valence-corrected chi connectivity index (χ3v) is 9.48. The van der Waals surface area contributed by atoms with E-state index in [9.17, 15) is 49.5 Å². The molecule has 268 valence electrons. The first kappa shape index (κ1) is 36.2. The Balaban J connectivity index is 1.94. The van der Waals surface area contributed by atoms with E-state index in [0.29, 0.717) is 66.4 Å². The molecule has 9 N–H and O–H groups in total. The van der Waals surface area contributed by atoms with Crippen molar-refractivity contribution < 1.29 is 49.5 Å². The summed E-state index contributed by atoms with van der Waals surface area (Å²) < 4.78 is 0. The summed E-state index contributed by atoms with van der Waals surface area (Å²) in [5, 5.41) is 50.5. The van der Waals surface area contributed by atoms with Crippen molar-refractivity contribution in [3.63, 3.8) is 0 Å². The maximum Gasteiger partial charge on any atom is 0.307 e. The first-order chi connectivity index (χ1) is 24.1. The predicted octanol–water partition coefficient (Wildman–Crippen LogP) is 1.25. The number of hydrogen-bond donors (Lipinski definition) is 9. The molecular weight excluding hydrogens is 660 g/mol. The van der Waals surface area contributed by atoms with E-state index < -0.39 is 36.3 Å². The van der Waals surface area contributed by atoms with Crippen molar-refractivity contribution in [1.29, 1.82) is 0 Å². The highest BCUT2D eigenvalue weighted by atomic mass is 16.4. The zero-order valence-electron chi connectivity index (χ0n) is 28.5. The maximum atomic E-state index is 12.2. The van der Waals surface area contributed by atoms with Crippen LogP contribution in [0.15, 0.2) is 0 Å². The summed E-state index contributed by atoms with van der Waals surface area (Å²) in [5.74, 6) is -5.15. The van der Waals surface area contributed by atoms with Crippen molar-refractivity contribution >= 4 is 54.2 Å². The van der Waals surface area contributed by atoms with Gasteiger partial charge in [-0.15, -0.1) is 0 Å². The molecule has 0 unspecified atom stereocenters. The van der Waals surface area contributed by atoms with E-state index in [4.69, 9.17) is 0 Å². The molecule has 0 spiro atoms. The number of aromatic amines is 4. The molecule has 0 saturated heterocycles. The molecule has 14 nitrogen and oxygen atoms in total. The second-order valence-electron chi connectivity index (χ2n) is 12.8. The van der Waals surface area contributed by atoms with Crippen LogP contribution < -0.4 is 21.4 Å². The van der Waals surface area contributed by atoms with Crippen molar-refractivity contribution in [2.24, 2.45) is 0 Å². The Morgan fingerprint density at radius 3 is 1.22 bits per heavy atom. The van der Waals surface area contributed by atoms with Crippen LogP contribution in [-0.4, -0.2) is 75.3 Å². The highest BCUT2D eigenvalue weighted by molar-refractivity contribution is 5.76. The lowest BCUT2D eigenvalue weighted by atomic mass is 9.99. The Morgan fingerprint density at radius 1 is 0.412 bits per heavy atom. The van der Waals surface area contributed by atoms with Gasteiger partial charge in [0.05, 0.1) is 6.42 Å². The minimum atomic E-state index is -1.14. The normalized spacial score (nSPS) is 12.0. The van der Waals surface area contributed by atoms with Gasteiger partial charge in [-0.1, -0.05) is 0 Å². The summed E-state index contributed by atoms with van der Waals surface area (Å²) in [7, 11) is 0. The van der Waals surface area contributed by atoms with Gasteiger partial charge in [0.25, 0.3) is 0 Å². The number of aromatic nitrogens is 4. The molecular formula is C37H40N4O10. The van der Waals surface area contributed by atoms with Crippen LogP contribution >= 0.6 is 0 Å². The molecule has 4 aromatic heterocycles. The minimum absolute atomic E-state index is 0.00911. The molecule has 0 saturated carbocycles. The van der Waals surface area contributed by atoms with Crippen molar-refractivity contribution in [1.82, 2.24) is 19.9 Å². The van der Waals surface area contributed by atoms with Gasteiger partial charge in [0.1, 0.15) is 0 Å². The molecule has 0 fully saturated rings. The molecule has 14 heteroatoms. The third kappa shape index (κ3) is 8.06. The molecule has 8 bridgehead atoms. The van der Waals surface area contributed by atoms with E-state index in [0.717, 1.165) is 22.3 Å². The van der Waals surface area contributed by atoms with Gasteiger partial charge < -0.3 is 45.5 Å². The van der Waals surface area contributed by atoms with Gasteiger partial charge >= 0.3 is 29.8 Å². The van der Waals surface area contributed by atoms with Gasteiger partial charge in [0, 0.05) is 69.9 Å². The zero-order valence-corrected chi connectivity index (χ0v) is 28.5. The van der Waals surface area contributed by atoms with Crippen LogP contribution in [-0.2, 0) is 56.1 Å². The van der Waals surface area contributed by atoms with Crippen LogP contribution in [0.2, 0.25) is 0 Å². The molecule has 4 aromatic rings. The molecule has 5 heterocycles. The number of carbonyl (C=O) groups is 5. The molecule has 0 aromatic carbocycles. The highest BCUT2D eigenvalue weighted by Gasteiger charge is 2.21. The number of nitrogens with one attached hydrogen (secondary N) is 4. The Labute approximate surface area is 290 Å². The Kier molecular flexibility index (Phi) is 10.5. The molecule has 1 aliphatic rings. The Morgan fingerprint density at radius 2 is 0.765 bits per heavy atom. The molecule has 51 heavy (non-hydrogen) atoms. The van der Waals surface area contributed by atoms with Crippen LogP contribution in [0.3, 0.4) is 0 Å². The van der Waals surface area contributed by atoms with Crippen LogP contribution in [0.25, 0.3) is 24.3 Å². The van der Waals surface area contributed by atoms with Crippen molar-refractivity contribution in [2.75, 3.05) is 0 Å². The summed E-state index contributed by atoms with van der Waals surface area (Å²) in [6.45, 7) is 5.59. The largest absolute Gasteiger partial charge is 0.481 e. The lowest BCUT2D eigenvalue weighted by Crippen LogP contribution is -2.14. The lowest BCUT2D eigenvalue weighted by molar-refractivity contribution is -0.138. The average molecular weight is 701 g/mol. The van der Waals surface area contributed by atoms with Gasteiger partial charge in [0.2, 0.25) is 0 Å². The smallest absolute Gasteiger partial charge is 0.307 e. The quantitative estimate of drug-likeness (QED) is 0.0802. The molecule has 0 aliphatic carbocycles. The van der Waals surface area contributed by atoms with Crippen LogP contribution in [0.1, 0.15) is 93.0 Å². The second-order valence-corrected chi connectivity index (χ2v) is 12.8. The molecule has 5 rings (SSSR count). The lowest BCUT2D eigenvalue weighted by Gasteiger charge is -2.04.